The Morgan fingerprint density at radius 3 is 2.67 bits per heavy atom. The van der Waals surface area contributed by atoms with Crippen molar-refractivity contribution in [3.8, 4) is 22.7 Å². The molecule has 0 amide bonds. The van der Waals surface area contributed by atoms with Crippen LogP contribution in [0.1, 0.15) is 17.0 Å². The number of nitrogens with one attached hydrogen (secondary N) is 1. The lowest BCUT2D eigenvalue weighted by Crippen LogP contribution is -2.35. The van der Waals surface area contributed by atoms with Crippen molar-refractivity contribution in [1.29, 1.82) is 0 Å². The summed E-state index contributed by atoms with van der Waals surface area (Å²) in [6.07, 6.45) is 0.723. The van der Waals surface area contributed by atoms with Gasteiger partial charge in [0.1, 0.15) is 5.82 Å². The van der Waals surface area contributed by atoms with Gasteiger partial charge in [0.15, 0.2) is 5.76 Å². The molecule has 1 aliphatic rings. The molecule has 0 fully saturated rings. The summed E-state index contributed by atoms with van der Waals surface area (Å²) in [4.78, 5) is 22.5. The second-order valence-corrected chi connectivity index (χ2v) is 7.79. The first-order chi connectivity index (χ1) is 14.7. The first-order valence-electron chi connectivity index (χ1n) is 9.77. The van der Waals surface area contributed by atoms with Crippen molar-refractivity contribution in [3.63, 3.8) is 0 Å². The van der Waals surface area contributed by atoms with Gasteiger partial charge in [0.25, 0.3) is 5.56 Å². The summed E-state index contributed by atoms with van der Waals surface area (Å²) in [5, 5.41) is 4.87. The fraction of sp³-hybridized carbons (Fsp3) is 0.174. The molecule has 30 heavy (non-hydrogen) atoms. The Labute approximate surface area is 178 Å². The lowest BCUT2D eigenvalue weighted by Gasteiger charge is -2.26. The Morgan fingerprint density at radius 2 is 1.87 bits per heavy atom. The molecule has 1 aliphatic heterocycles. The van der Waals surface area contributed by atoms with Crippen molar-refractivity contribution in [2.24, 2.45) is 0 Å². The Bertz CT molecular complexity index is 1230. The summed E-state index contributed by atoms with van der Waals surface area (Å²) in [6.45, 7) is 1.95. The molecule has 7 heteroatoms. The van der Waals surface area contributed by atoms with Crippen LogP contribution in [0.4, 0.5) is 0 Å². The first-order valence-corrected chi connectivity index (χ1v) is 10.1. The number of halogens is 1. The predicted octanol–water partition coefficient (Wildman–Crippen LogP) is 4.30. The third kappa shape index (κ3) is 3.79. The normalized spacial score (nSPS) is 13.9. The van der Waals surface area contributed by atoms with Gasteiger partial charge in [0.2, 0.25) is 0 Å². The number of nitrogens with zero attached hydrogens (tertiary/aromatic N) is 3. The van der Waals surface area contributed by atoms with Crippen LogP contribution in [0.2, 0.25) is 5.02 Å². The van der Waals surface area contributed by atoms with E-state index in [1.165, 1.54) is 0 Å². The van der Waals surface area contributed by atoms with E-state index in [0.717, 1.165) is 41.0 Å². The minimum atomic E-state index is -0.0782. The number of hydrogen-bond acceptors (Lipinski definition) is 5. The molecule has 0 radical (unpaired) electrons. The van der Waals surface area contributed by atoms with Crippen molar-refractivity contribution in [1.82, 2.24) is 20.0 Å². The molecule has 0 unspecified atom stereocenters. The van der Waals surface area contributed by atoms with E-state index in [4.69, 9.17) is 21.1 Å². The van der Waals surface area contributed by atoms with Crippen molar-refractivity contribution in [3.05, 3.63) is 93.0 Å². The summed E-state index contributed by atoms with van der Waals surface area (Å²) in [5.41, 5.74) is 4.19. The minimum Gasteiger partial charge on any atom is -0.356 e. The highest BCUT2D eigenvalue weighted by Crippen LogP contribution is 2.24. The zero-order valence-corrected chi connectivity index (χ0v) is 16.9. The van der Waals surface area contributed by atoms with Crippen molar-refractivity contribution in [2.45, 2.75) is 19.5 Å². The molecule has 0 aliphatic carbocycles. The number of hydrogen-bond donors (Lipinski definition) is 1. The molecule has 2 aromatic heterocycles. The van der Waals surface area contributed by atoms with E-state index in [1.807, 2.05) is 60.7 Å². The van der Waals surface area contributed by atoms with E-state index in [2.05, 4.69) is 15.0 Å². The van der Waals surface area contributed by atoms with E-state index >= 15 is 0 Å². The highest BCUT2D eigenvalue weighted by Gasteiger charge is 2.22. The van der Waals surface area contributed by atoms with Crippen LogP contribution in [0.25, 0.3) is 22.7 Å². The Balaban J connectivity index is 1.33. The maximum Gasteiger partial charge on any atom is 0.255 e. The minimum absolute atomic E-state index is 0.0782. The van der Waals surface area contributed by atoms with Crippen molar-refractivity contribution < 1.29 is 4.52 Å². The Hall–Kier alpha value is -3.22. The Kier molecular flexibility index (Phi) is 4.94. The number of aromatic amines is 1. The third-order valence-corrected chi connectivity index (χ3v) is 5.52. The number of H-pyrrole nitrogens is 1. The largest absolute Gasteiger partial charge is 0.356 e. The molecule has 0 saturated heterocycles. The van der Waals surface area contributed by atoms with Crippen LogP contribution < -0.4 is 5.56 Å². The van der Waals surface area contributed by atoms with Gasteiger partial charge in [0, 0.05) is 48.3 Å². The van der Waals surface area contributed by atoms with E-state index in [-0.39, 0.29) is 5.56 Å². The fourth-order valence-corrected chi connectivity index (χ4v) is 3.84. The van der Waals surface area contributed by atoms with Gasteiger partial charge in [-0.15, -0.1) is 0 Å². The van der Waals surface area contributed by atoms with Crippen LogP contribution in [0.15, 0.2) is 70.0 Å². The van der Waals surface area contributed by atoms with Gasteiger partial charge >= 0.3 is 0 Å². The van der Waals surface area contributed by atoms with Gasteiger partial charge in [-0.05, 0) is 24.3 Å². The summed E-state index contributed by atoms with van der Waals surface area (Å²) in [7, 11) is 0. The van der Waals surface area contributed by atoms with Gasteiger partial charge in [-0.1, -0.05) is 47.1 Å². The highest BCUT2D eigenvalue weighted by atomic mass is 35.5. The lowest BCUT2D eigenvalue weighted by molar-refractivity contribution is 0.234. The second kappa shape index (κ2) is 7.89. The predicted molar refractivity (Wildman–Crippen MR) is 115 cm³/mol. The van der Waals surface area contributed by atoms with Gasteiger partial charge in [0.05, 0.1) is 17.0 Å². The topological polar surface area (TPSA) is 75.0 Å². The van der Waals surface area contributed by atoms with Crippen molar-refractivity contribution >= 4 is 11.6 Å². The molecular formula is C23H19ClN4O2. The number of rotatable bonds is 4. The standard InChI is InChI=1S/C23H19ClN4O2/c24-17-8-6-15(7-9-17)21-12-18(27-30-21)13-28-11-10-20-19(14-28)23(29)26-22(25-20)16-4-2-1-3-5-16/h1-9,12H,10-11,13-14H2,(H,25,26,29). The molecule has 1 N–H and O–H groups in total. The fourth-order valence-electron chi connectivity index (χ4n) is 3.71. The van der Waals surface area contributed by atoms with E-state index in [9.17, 15) is 4.79 Å². The summed E-state index contributed by atoms with van der Waals surface area (Å²) in [5.74, 6) is 1.32. The average molecular weight is 419 g/mol. The van der Waals surface area contributed by atoms with Crippen LogP contribution in [0.5, 0.6) is 0 Å². The molecule has 0 saturated carbocycles. The maximum atomic E-state index is 12.7. The zero-order chi connectivity index (χ0) is 20.5. The van der Waals surface area contributed by atoms with Crippen LogP contribution in [-0.4, -0.2) is 26.6 Å². The summed E-state index contributed by atoms with van der Waals surface area (Å²) < 4.78 is 5.49. The van der Waals surface area contributed by atoms with Crippen molar-refractivity contribution in [2.75, 3.05) is 6.54 Å². The number of benzene rings is 2. The number of aromatic nitrogens is 3. The van der Waals surface area contributed by atoms with E-state index in [0.29, 0.717) is 29.7 Å². The summed E-state index contributed by atoms with van der Waals surface area (Å²) >= 11 is 5.95. The van der Waals surface area contributed by atoms with Crippen LogP contribution in [0.3, 0.4) is 0 Å². The monoisotopic (exact) mass is 418 g/mol. The quantitative estimate of drug-likeness (QED) is 0.534. The third-order valence-electron chi connectivity index (χ3n) is 5.27. The maximum absolute atomic E-state index is 12.7. The highest BCUT2D eigenvalue weighted by molar-refractivity contribution is 6.30. The van der Waals surface area contributed by atoms with Gasteiger partial charge in [-0.2, -0.15) is 0 Å². The van der Waals surface area contributed by atoms with Gasteiger partial charge in [-0.25, -0.2) is 4.98 Å². The smallest absolute Gasteiger partial charge is 0.255 e. The summed E-state index contributed by atoms with van der Waals surface area (Å²) in [6, 6.07) is 19.1. The zero-order valence-electron chi connectivity index (χ0n) is 16.1. The molecule has 150 valence electrons. The molecular weight excluding hydrogens is 400 g/mol. The first kappa shape index (κ1) is 18.8. The van der Waals surface area contributed by atoms with Gasteiger partial charge < -0.3 is 9.51 Å². The van der Waals surface area contributed by atoms with Crippen LogP contribution in [0, 0.1) is 0 Å². The molecule has 6 nitrogen and oxygen atoms in total. The molecule has 0 bridgehead atoms. The lowest BCUT2D eigenvalue weighted by atomic mass is 10.1. The number of fused-ring (bicyclic) bond motifs is 1. The van der Waals surface area contributed by atoms with Gasteiger partial charge in [-0.3, -0.25) is 9.69 Å². The molecule has 4 aromatic rings. The van der Waals surface area contributed by atoms with E-state index < -0.39 is 0 Å². The SMILES string of the molecule is O=c1[nH]c(-c2ccccc2)nc2c1CN(Cc1cc(-c3ccc(Cl)cc3)on1)CC2. The van der Waals surface area contributed by atoms with Crippen LogP contribution >= 0.6 is 11.6 Å². The van der Waals surface area contributed by atoms with E-state index in [1.54, 1.807) is 0 Å². The molecule has 0 atom stereocenters. The molecule has 3 heterocycles. The average Bonchev–Trinajstić information content (AvgIpc) is 3.23. The molecule has 0 spiro atoms. The molecule has 5 rings (SSSR count). The second-order valence-electron chi connectivity index (χ2n) is 7.36. The Morgan fingerprint density at radius 1 is 1.07 bits per heavy atom. The van der Waals surface area contributed by atoms with Crippen LogP contribution in [-0.2, 0) is 19.5 Å². The molecule has 2 aromatic carbocycles.